The largest absolute Gasteiger partial charge is 0.493 e. The van der Waals surface area contributed by atoms with Crippen LogP contribution in [0.4, 0.5) is 5.69 Å². The van der Waals surface area contributed by atoms with E-state index in [0.717, 1.165) is 36.9 Å². The van der Waals surface area contributed by atoms with Crippen LogP contribution in [0.25, 0.3) is 0 Å². The van der Waals surface area contributed by atoms with Crippen molar-refractivity contribution in [2.45, 2.75) is 44.6 Å². The fraction of sp³-hybridized carbons (Fsp3) is 0.483. The number of methoxy groups -OCH3 is 2. The number of piperidine rings is 2. The molecule has 2 aromatic carbocycles. The predicted molar refractivity (Wildman–Crippen MR) is 140 cm³/mol. The number of amides is 3. The van der Waals surface area contributed by atoms with Crippen LogP contribution in [0.2, 0.25) is 0 Å². The molecule has 196 valence electrons. The Bertz CT molecular complexity index is 1180. The molecule has 8 heteroatoms. The molecule has 3 amide bonds. The van der Waals surface area contributed by atoms with E-state index in [1.165, 1.54) is 0 Å². The Balaban J connectivity index is 1.23. The highest BCUT2D eigenvalue weighted by Crippen LogP contribution is 2.33. The lowest BCUT2D eigenvalue weighted by molar-refractivity contribution is -0.140. The molecule has 3 aliphatic heterocycles. The molecular formula is C29H35N3O5. The van der Waals surface area contributed by atoms with Gasteiger partial charge < -0.3 is 24.2 Å². The summed E-state index contributed by atoms with van der Waals surface area (Å²) in [6, 6.07) is 13.5. The summed E-state index contributed by atoms with van der Waals surface area (Å²) >= 11 is 0. The molecule has 3 aliphatic rings. The van der Waals surface area contributed by atoms with Crippen molar-refractivity contribution in [2.75, 3.05) is 45.3 Å². The molecule has 0 N–H and O–H groups in total. The molecule has 8 nitrogen and oxygen atoms in total. The van der Waals surface area contributed by atoms with Gasteiger partial charge in [0.15, 0.2) is 11.5 Å². The zero-order valence-corrected chi connectivity index (χ0v) is 21.7. The van der Waals surface area contributed by atoms with Gasteiger partial charge in [-0.25, -0.2) is 0 Å². The summed E-state index contributed by atoms with van der Waals surface area (Å²) in [6.45, 7) is 2.62. The van der Waals surface area contributed by atoms with Crippen LogP contribution in [0.3, 0.4) is 0 Å². The highest BCUT2D eigenvalue weighted by Gasteiger charge is 2.40. The van der Waals surface area contributed by atoms with Crippen molar-refractivity contribution in [3.05, 3.63) is 53.6 Å². The number of carbonyl (C=O) groups is 3. The average molecular weight is 506 g/mol. The van der Waals surface area contributed by atoms with E-state index in [2.05, 4.69) is 0 Å². The molecule has 0 aromatic heterocycles. The Morgan fingerprint density at radius 2 is 1.78 bits per heavy atom. The lowest BCUT2D eigenvalue weighted by Crippen LogP contribution is -2.57. The second-order valence-corrected chi connectivity index (χ2v) is 10.1. The Morgan fingerprint density at radius 3 is 2.54 bits per heavy atom. The van der Waals surface area contributed by atoms with Crippen molar-refractivity contribution in [1.29, 1.82) is 0 Å². The van der Waals surface area contributed by atoms with Crippen molar-refractivity contribution in [2.24, 2.45) is 5.92 Å². The topological polar surface area (TPSA) is 79.4 Å². The molecule has 3 saturated heterocycles. The van der Waals surface area contributed by atoms with Crippen LogP contribution in [0.15, 0.2) is 42.5 Å². The molecule has 0 bridgehead atoms. The first kappa shape index (κ1) is 25.1. The molecule has 2 aromatic rings. The molecule has 37 heavy (non-hydrogen) atoms. The maximum Gasteiger partial charge on any atom is 0.253 e. The van der Waals surface area contributed by atoms with Crippen molar-refractivity contribution >= 4 is 23.4 Å². The fourth-order valence-electron chi connectivity index (χ4n) is 6.02. The third kappa shape index (κ3) is 5.15. The summed E-state index contributed by atoms with van der Waals surface area (Å²) in [6.07, 6.45) is 4.25. The Hall–Kier alpha value is -3.55. The number of anilines is 1. The molecule has 0 spiro atoms. The van der Waals surface area contributed by atoms with Gasteiger partial charge in [-0.1, -0.05) is 12.1 Å². The number of benzene rings is 2. The average Bonchev–Trinajstić information content (AvgIpc) is 3.37. The van der Waals surface area contributed by atoms with Crippen molar-refractivity contribution in [3.63, 3.8) is 0 Å². The van der Waals surface area contributed by atoms with Crippen molar-refractivity contribution in [1.82, 2.24) is 9.80 Å². The summed E-state index contributed by atoms with van der Waals surface area (Å²) in [5.74, 6) is 1.96. The summed E-state index contributed by atoms with van der Waals surface area (Å²) in [4.78, 5) is 44.2. The van der Waals surface area contributed by atoms with E-state index in [1.807, 2.05) is 52.3 Å². The summed E-state index contributed by atoms with van der Waals surface area (Å²) in [7, 11) is 3.24. The number of carbonyl (C=O) groups excluding carboxylic acids is 3. The van der Waals surface area contributed by atoms with Crippen LogP contribution in [0.1, 0.15) is 48.0 Å². The number of rotatable bonds is 7. The van der Waals surface area contributed by atoms with E-state index in [9.17, 15) is 14.4 Å². The number of nitrogens with zero attached hydrogens (tertiary/aromatic N) is 3. The standard InChI is InChI=1S/C29H35N3O5/c1-36-25-10-8-20(17-26(25)37-2)12-16-32-24-13-15-30(19-22(24)9-11-28(32)34)29(35)21-5-3-6-23(18-21)31-14-4-7-27(31)33/h3,5-6,8,10,17-18,22,24H,4,7,9,11-16,19H2,1-2H3/t22-,24+/m0/s1. The third-order valence-electron chi connectivity index (χ3n) is 8.00. The minimum absolute atomic E-state index is 0.000670. The Morgan fingerprint density at radius 1 is 0.946 bits per heavy atom. The molecular weight excluding hydrogens is 470 g/mol. The van der Waals surface area contributed by atoms with Crippen molar-refractivity contribution < 1.29 is 23.9 Å². The van der Waals surface area contributed by atoms with Gasteiger partial charge in [-0.05, 0) is 67.5 Å². The van der Waals surface area contributed by atoms with Gasteiger partial charge in [0.25, 0.3) is 5.91 Å². The van der Waals surface area contributed by atoms with Gasteiger partial charge >= 0.3 is 0 Å². The summed E-state index contributed by atoms with van der Waals surface area (Å²) in [5.41, 5.74) is 2.51. The maximum absolute atomic E-state index is 13.4. The van der Waals surface area contributed by atoms with Crippen LogP contribution >= 0.6 is 0 Å². The second kappa shape index (κ2) is 10.8. The van der Waals surface area contributed by atoms with Gasteiger partial charge in [-0.3, -0.25) is 14.4 Å². The highest BCUT2D eigenvalue weighted by molar-refractivity contribution is 5.99. The summed E-state index contributed by atoms with van der Waals surface area (Å²) in [5, 5.41) is 0. The van der Waals surface area contributed by atoms with Gasteiger partial charge in [-0.2, -0.15) is 0 Å². The second-order valence-electron chi connectivity index (χ2n) is 10.1. The van der Waals surface area contributed by atoms with E-state index in [1.54, 1.807) is 19.1 Å². The number of likely N-dealkylation sites (tertiary alicyclic amines) is 2. The van der Waals surface area contributed by atoms with Gasteiger partial charge in [0.05, 0.1) is 14.2 Å². The molecule has 5 rings (SSSR count). The zero-order valence-electron chi connectivity index (χ0n) is 21.7. The molecule has 2 atom stereocenters. The lowest BCUT2D eigenvalue weighted by Gasteiger charge is -2.47. The number of ether oxygens (including phenoxy) is 2. The smallest absolute Gasteiger partial charge is 0.253 e. The highest BCUT2D eigenvalue weighted by atomic mass is 16.5. The number of hydrogen-bond donors (Lipinski definition) is 0. The van der Waals surface area contributed by atoms with Gasteiger partial charge in [0, 0.05) is 56.3 Å². The SMILES string of the molecule is COc1ccc(CCN2C(=O)CC[C@H]3CN(C(=O)c4cccc(N5CCCC5=O)c4)CC[C@H]32)cc1OC. The first-order chi connectivity index (χ1) is 18.0. The first-order valence-corrected chi connectivity index (χ1v) is 13.2. The first-order valence-electron chi connectivity index (χ1n) is 13.2. The molecule has 0 radical (unpaired) electrons. The Kier molecular flexibility index (Phi) is 7.35. The van der Waals surface area contributed by atoms with Gasteiger partial charge in [-0.15, -0.1) is 0 Å². The number of fused-ring (bicyclic) bond motifs is 1. The van der Waals surface area contributed by atoms with Crippen LogP contribution in [0.5, 0.6) is 11.5 Å². The van der Waals surface area contributed by atoms with E-state index in [-0.39, 0.29) is 29.7 Å². The summed E-state index contributed by atoms with van der Waals surface area (Å²) < 4.78 is 10.8. The van der Waals surface area contributed by atoms with Crippen LogP contribution in [-0.2, 0) is 16.0 Å². The van der Waals surface area contributed by atoms with Crippen LogP contribution in [-0.4, -0.2) is 74.0 Å². The van der Waals surface area contributed by atoms with E-state index >= 15 is 0 Å². The molecule has 0 aliphatic carbocycles. The quantitative estimate of drug-likeness (QED) is 0.575. The van der Waals surface area contributed by atoms with Crippen molar-refractivity contribution in [3.8, 4) is 11.5 Å². The van der Waals surface area contributed by atoms with E-state index < -0.39 is 0 Å². The fourth-order valence-corrected chi connectivity index (χ4v) is 6.02. The van der Waals surface area contributed by atoms with Crippen LogP contribution < -0.4 is 14.4 Å². The molecule has 3 fully saturated rings. The monoisotopic (exact) mass is 505 g/mol. The van der Waals surface area contributed by atoms with E-state index in [0.29, 0.717) is 56.1 Å². The van der Waals surface area contributed by atoms with Crippen LogP contribution in [0, 0.1) is 5.92 Å². The van der Waals surface area contributed by atoms with E-state index in [4.69, 9.17) is 9.47 Å². The minimum Gasteiger partial charge on any atom is -0.493 e. The molecule has 0 unspecified atom stereocenters. The zero-order chi connectivity index (χ0) is 25.9. The predicted octanol–water partition coefficient (Wildman–Crippen LogP) is 3.53. The lowest BCUT2D eigenvalue weighted by atomic mass is 9.83. The molecule has 0 saturated carbocycles. The third-order valence-corrected chi connectivity index (χ3v) is 8.00. The van der Waals surface area contributed by atoms with Gasteiger partial charge in [0.1, 0.15) is 0 Å². The normalized spacial score (nSPS) is 21.7. The maximum atomic E-state index is 13.4. The minimum atomic E-state index is 0.000670. The number of hydrogen-bond acceptors (Lipinski definition) is 5. The Labute approximate surface area is 218 Å². The van der Waals surface area contributed by atoms with Gasteiger partial charge in [0.2, 0.25) is 11.8 Å². The molecule has 3 heterocycles.